The maximum atomic E-state index is 14.1. The quantitative estimate of drug-likeness (QED) is 0.0902. The summed E-state index contributed by atoms with van der Waals surface area (Å²) in [6.45, 7) is 0. The van der Waals surface area contributed by atoms with Crippen LogP contribution in [0, 0.1) is 31.9 Å². The van der Waals surface area contributed by atoms with Crippen LogP contribution in [0.1, 0.15) is 33.7 Å². The summed E-state index contributed by atoms with van der Waals surface area (Å²) in [5, 5.41) is 32.5. The average molecular weight is 751 g/mol. The number of aromatic nitrogens is 2. The lowest BCUT2D eigenvalue weighted by molar-refractivity contribution is -0.384. The van der Waals surface area contributed by atoms with Crippen LogP contribution in [-0.2, 0) is 31.1 Å². The fourth-order valence-corrected chi connectivity index (χ4v) is 4.84. The number of methoxy groups -OCH3 is 2. The predicted octanol–water partition coefficient (Wildman–Crippen LogP) is 5.16. The molecule has 284 valence electrons. The lowest BCUT2D eigenvalue weighted by Crippen LogP contribution is -2.23. The van der Waals surface area contributed by atoms with Crippen LogP contribution in [0.3, 0.4) is 0 Å². The van der Waals surface area contributed by atoms with Crippen molar-refractivity contribution in [1.82, 2.24) is 14.9 Å². The number of carbonyl (C=O) groups excluding carboxylic acids is 1. The number of halogens is 2. The van der Waals surface area contributed by atoms with E-state index in [4.69, 9.17) is 20.3 Å². The highest BCUT2D eigenvalue weighted by atomic mass is 19.1. The number of aromatic carboxylic acids is 1. The number of nitro benzene ring substituents is 2. The van der Waals surface area contributed by atoms with E-state index < -0.39 is 21.6 Å². The minimum Gasteiger partial charge on any atom is -0.497 e. The van der Waals surface area contributed by atoms with Crippen LogP contribution in [0.5, 0.6) is 11.5 Å². The van der Waals surface area contributed by atoms with Gasteiger partial charge in [-0.25, -0.2) is 18.6 Å². The summed E-state index contributed by atoms with van der Waals surface area (Å²) in [6, 6.07) is 16.4. The highest BCUT2D eigenvalue weighted by Crippen LogP contribution is 2.21. The molecule has 0 aliphatic heterocycles. The number of anilines is 1. The summed E-state index contributed by atoms with van der Waals surface area (Å²) < 4.78 is 38.7. The second-order valence-electron chi connectivity index (χ2n) is 11.3. The molecule has 0 atom stereocenters. The molecular weight excluding hydrogens is 714 g/mol. The van der Waals surface area contributed by atoms with E-state index in [9.17, 15) is 43.4 Å². The number of amides is 1. The molecule has 0 saturated carbocycles. The van der Waals surface area contributed by atoms with E-state index in [0.29, 0.717) is 59.5 Å². The van der Waals surface area contributed by atoms with Crippen LogP contribution in [0.25, 0.3) is 10.9 Å². The van der Waals surface area contributed by atoms with Gasteiger partial charge in [0, 0.05) is 63.3 Å². The molecule has 5 rings (SSSR count). The molecule has 0 aliphatic rings. The zero-order valence-corrected chi connectivity index (χ0v) is 29.5. The van der Waals surface area contributed by atoms with E-state index in [1.54, 1.807) is 38.4 Å². The SMILES string of the molecule is CNC(=O)CCc1ccc(OC)cc1F.COc1ccc(CCc2nc3cc([N+](=O)[O-])ccc3c(=O)n2C)c(F)c1.Nc1cc([N+](=O)[O-])ccc1C(=O)O. The van der Waals surface area contributed by atoms with Crippen LogP contribution < -0.4 is 26.1 Å². The van der Waals surface area contributed by atoms with Gasteiger partial charge in [-0.15, -0.1) is 0 Å². The Kier molecular flexibility index (Phi) is 14.6. The molecule has 16 nitrogen and oxygen atoms in total. The lowest BCUT2D eigenvalue weighted by Gasteiger charge is -2.10. The van der Waals surface area contributed by atoms with Crippen molar-refractivity contribution >= 4 is 39.8 Å². The maximum Gasteiger partial charge on any atom is 0.337 e. The predicted molar refractivity (Wildman–Crippen MR) is 194 cm³/mol. The van der Waals surface area contributed by atoms with Gasteiger partial charge in [0.05, 0.1) is 46.2 Å². The molecule has 0 fully saturated rings. The summed E-state index contributed by atoms with van der Waals surface area (Å²) in [7, 11) is 6.09. The van der Waals surface area contributed by atoms with Gasteiger partial charge in [0.2, 0.25) is 5.91 Å². The highest BCUT2D eigenvalue weighted by Gasteiger charge is 2.15. The van der Waals surface area contributed by atoms with Crippen molar-refractivity contribution in [3.05, 3.63) is 138 Å². The van der Waals surface area contributed by atoms with E-state index in [2.05, 4.69) is 10.3 Å². The van der Waals surface area contributed by atoms with E-state index in [0.717, 1.165) is 18.2 Å². The van der Waals surface area contributed by atoms with Gasteiger partial charge in [0.25, 0.3) is 16.9 Å². The number of benzene rings is 4. The fourth-order valence-electron chi connectivity index (χ4n) is 4.84. The van der Waals surface area contributed by atoms with Gasteiger partial charge >= 0.3 is 5.97 Å². The normalized spacial score (nSPS) is 10.3. The van der Waals surface area contributed by atoms with Gasteiger partial charge in [-0.05, 0) is 48.2 Å². The van der Waals surface area contributed by atoms with Crippen LogP contribution in [-0.4, -0.2) is 57.6 Å². The van der Waals surface area contributed by atoms with Crippen molar-refractivity contribution in [2.45, 2.75) is 25.7 Å². The molecule has 0 aliphatic carbocycles. The minimum absolute atomic E-state index is 0.0924. The number of ether oxygens (including phenoxy) is 2. The first-order valence-corrected chi connectivity index (χ1v) is 15.9. The Morgan fingerprint density at radius 3 is 1.87 bits per heavy atom. The fraction of sp³-hybridized carbons (Fsp3) is 0.222. The molecule has 4 N–H and O–H groups in total. The smallest absolute Gasteiger partial charge is 0.337 e. The Morgan fingerprint density at radius 2 is 1.39 bits per heavy atom. The van der Waals surface area contributed by atoms with E-state index in [-0.39, 0.29) is 45.4 Å². The third-order valence-electron chi connectivity index (χ3n) is 7.88. The van der Waals surface area contributed by atoms with E-state index >= 15 is 0 Å². The number of nitrogens with one attached hydrogen (secondary N) is 1. The zero-order chi connectivity index (χ0) is 40.1. The molecule has 18 heteroatoms. The Balaban J connectivity index is 0.000000238. The van der Waals surface area contributed by atoms with Crippen molar-refractivity contribution in [2.75, 3.05) is 27.0 Å². The number of aryl methyl sites for hydroxylation is 3. The lowest BCUT2D eigenvalue weighted by atomic mass is 10.1. The second-order valence-corrected chi connectivity index (χ2v) is 11.3. The average Bonchev–Trinajstić information content (AvgIpc) is 3.15. The van der Waals surface area contributed by atoms with Crippen molar-refractivity contribution < 1.29 is 42.8 Å². The second kappa shape index (κ2) is 19.0. The first kappa shape index (κ1) is 41.4. The maximum absolute atomic E-state index is 14.1. The number of carbonyl (C=O) groups is 2. The molecule has 0 bridgehead atoms. The van der Waals surface area contributed by atoms with Gasteiger partial charge in [-0.2, -0.15) is 0 Å². The minimum atomic E-state index is -1.20. The van der Waals surface area contributed by atoms with Gasteiger partial charge in [0.15, 0.2) is 0 Å². The van der Waals surface area contributed by atoms with Gasteiger partial charge in [0.1, 0.15) is 29.0 Å². The summed E-state index contributed by atoms with van der Waals surface area (Å²) in [5.74, 6) is -0.689. The number of carboxylic acids is 1. The standard InChI is InChI=1S/C18H16FN3O4.C11H14FNO2.C7H6N2O4/c1-21-17(8-4-11-3-6-13(26-2)10-15(11)19)20-16-9-12(22(24)25)5-7-14(16)18(21)23;1-13-11(14)6-4-8-3-5-9(15-2)7-10(8)12;8-6-3-4(9(12)13)1-2-5(6)7(10)11/h3,5-7,9-10H,4,8H2,1-2H3;3,5,7H,4,6H2,1-2H3,(H,13,14);1-3H,8H2,(H,10,11). The van der Waals surface area contributed by atoms with E-state index in [1.165, 1.54) is 49.1 Å². The molecule has 0 unspecified atom stereocenters. The number of rotatable bonds is 11. The Bertz CT molecular complexity index is 2250. The Hall–Kier alpha value is -6.98. The van der Waals surface area contributed by atoms with Crippen molar-refractivity contribution in [3.63, 3.8) is 0 Å². The largest absolute Gasteiger partial charge is 0.497 e. The van der Waals surface area contributed by atoms with Crippen molar-refractivity contribution in [3.8, 4) is 11.5 Å². The van der Waals surface area contributed by atoms with Crippen molar-refractivity contribution in [1.29, 1.82) is 0 Å². The first-order valence-electron chi connectivity index (χ1n) is 15.9. The van der Waals surface area contributed by atoms with Crippen LogP contribution in [0.2, 0.25) is 0 Å². The topological polar surface area (TPSA) is 232 Å². The van der Waals surface area contributed by atoms with Gasteiger partial charge < -0.3 is 25.6 Å². The number of non-ortho nitro benzene ring substituents is 2. The molecule has 0 radical (unpaired) electrons. The molecular formula is C36H36F2N6O10. The summed E-state index contributed by atoms with van der Waals surface area (Å²) >= 11 is 0. The van der Waals surface area contributed by atoms with E-state index in [1.807, 2.05) is 0 Å². The molecule has 5 aromatic rings. The molecule has 1 aromatic heterocycles. The zero-order valence-electron chi connectivity index (χ0n) is 29.5. The summed E-state index contributed by atoms with van der Waals surface area (Å²) in [5.41, 5.74) is 5.64. The van der Waals surface area contributed by atoms with Crippen molar-refractivity contribution in [2.24, 2.45) is 7.05 Å². The molecule has 0 saturated heterocycles. The number of nitrogens with zero attached hydrogens (tertiary/aromatic N) is 4. The number of hydrogen-bond acceptors (Lipinski definition) is 11. The monoisotopic (exact) mass is 750 g/mol. The molecule has 1 amide bonds. The number of nitrogens with two attached hydrogens (primary N) is 1. The highest BCUT2D eigenvalue weighted by molar-refractivity contribution is 5.94. The molecule has 1 heterocycles. The molecule has 54 heavy (non-hydrogen) atoms. The molecule has 4 aromatic carbocycles. The summed E-state index contributed by atoms with van der Waals surface area (Å²) in [6.07, 6.45) is 1.33. The van der Waals surface area contributed by atoms with Gasteiger partial charge in [-0.3, -0.25) is 34.4 Å². The first-order chi connectivity index (χ1) is 25.6. The summed E-state index contributed by atoms with van der Waals surface area (Å²) in [4.78, 5) is 58.2. The van der Waals surface area contributed by atoms with Crippen LogP contribution in [0.4, 0.5) is 25.8 Å². The number of hydrogen-bond donors (Lipinski definition) is 3. The Morgan fingerprint density at radius 1 is 0.852 bits per heavy atom. The third-order valence-corrected chi connectivity index (χ3v) is 7.88. The number of fused-ring (bicyclic) bond motifs is 1. The number of nitrogen functional groups attached to an aromatic ring is 1. The van der Waals surface area contributed by atoms with Crippen LogP contribution >= 0.6 is 0 Å². The number of nitro groups is 2. The molecule has 0 spiro atoms. The third kappa shape index (κ3) is 11.0. The van der Waals surface area contributed by atoms with Crippen LogP contribution in [0.15, 0.2) is 77.6 Å². The number of carboxylic acid groups (broad SMARTS) is 1. The Labute approximate surface area is 306 Å². The van der Waals surface area contributed by atoms with Gasteiger partial charge in [-0.1, -0.05) is 12.1 Å².